The predicted octanol–water partition coefficient (Wildman–Crippen LogP) is 1.97. The standard InChI is InChI=1S/C23H34N4O4S/c1-5-12-26-13-10-20(23(3,4)16-26)25-21(28)15-19-22(29)24-11-14-27(19)32(30,31)18-8-6-17(2)7-9-18/h6-9,11,14,19-20H,5,10,12-13,15-16H2,1-4H3,(H,24,29)(H,25,28)/t19-,20+/m1/s1. The molecule has 0 aromatic heterocycles. The van der Waals surface area contributed by atoms with Crippen molar-refractivity contribution in [2.45, 2.75) is 63.9 Å². The summed E-state index contributed by atoms with van der Waals surface area (Å²) < 4.78 is 27.4. The summed E-state index contributed by atoms with van der Waals surface area (Å²) in [6, 6.07) is 5.25. The van der Waals surface area contributed by atoms with Crippen LogP contribution < -0.4 is 10.6 Å². The van der Waals surface area contributed by atoms with Crippen molar-refractivity contribution >= 4 is 21.8 Å². The van der Waals surface area contributed by atoms with Gasteiger partial charge in [0.1, 0.15) is 6.04 Å². The van der Waals surface area contributed by atoms with Gasteiger partial charge >= 0.3 is 0 Å². The number of likely N-dealkylation sites (tertiary alicyclic amines) is 1. The van der Waals surface area contributed by atoms with Crippen molar-refractivity contribution in [3.8, 4) is 0 Å². The van der Waals surface area contributed by atoms with E-state index in [4.69, 9.17) is 0 Å². The Morgan fingerprint density at radius 2 is 1.94 bits per heavy atom. The third-order valence-electron chi connectivity index (χ3n) is 6.22. The molecule has 1 aromatic rings. The van der Waals surface area contributed by atoms with Crippen LogP contribution in [0.5, 0.6) is 0 Å². The first-order valence-corrected chi connectivity index (χ1v) is 12.6. The van der Waals surface area contributed by atoms with Crippen molar-refractivity contribution in [2.24, 2.45) is 5.41 Å². The fourth-order valence-electron chi connectivity index (χ4n) is 4.44. The van der Waals surface area contributed by atoms with Crippen LogP contribution in [0.15, 0.2) is 41.6 Å². The topological polar surface area (TPSA) is 98.8 Å². The molecule has 2 aliphatic rings. The molecule has 176 valence electrons. The van der Waals surface area contributed by atoms with Crippen LogP contribution in [0.4, 0.5) is 0 Å². The summed E-state index contributed by atoms with van der Waals surface area (Å²) in [7, 11) is -3.98. The molecule has 0 unspecified atom stereocenters. The molecule has 32 heavy (non-hydrogen) atoms. The van der Waals surface area contributed by atoms with Gasteiger partial charge in [-0.25, -0.2) is 8.42 Å². The van der Waals surface area contributed by atoms with Crippen LogP contribution in [0.25, 0.3) is 0 Å². The van der Waals surface area contributed by atoms with Crippen LogP contribution in [-0.4, -0.2) is 61.2 Å². The monoisotopic (exact) mass is 462 g/mol. The molecule has 1 fully saturated rings. The van der Waals surface area contributed by atoms with E-state index >= 15 is 0 Å². The van der Waals surface area contributed by atoms with Gasteiger partial charge in [-0.2, -0.15) is 0 Å². The Morgan fingerprint density at radius 1 is 1.25 bits per heavy atom. The van der Waals surface area contributed by atoms with Gasteiger partial charge in [0.2, 0.25) is 11.8 Å². The smallest absolute Gasteiger partial charge is 0.264 e. The first-order chi connectivity index (χ1) is 15.0. The largest absolute Gasteiger partial charge is 0.353 e. The quantitative estimate of drug-likeness (QED) is 0.646. The van der Waals surface area contributed by atoms with E-state index in [2.05, 4.69) is 36.3 Å². The highest BCUT2D eigenvalue weighted by molar-refractivity contribution is 7.89. The van der Waals surface area contributed by atoms with Gasteiger partial charge in [-0.05, 0) is 43.9 Å². The maximum atomic E-state index is 13.2. The van der Waals surface area contributed by atoms with E-state index < -0.39 is 22.0 Å². The number of carbonyl (C=O) groups excluding carboxylic acids is 2. The van der Waals surface area contributed by atoms with Gasteiger partial charge in [0, 0.05) is 31.5 Å². The van der Waals surface area contributed by atoms with Crippen LogP contribution in [0.3, 0.4) is 0 Å². The average molecular weight is 463 g/mol. The van der Waals surface area contributed by atoms with Crippen LogP contribution in [0.2, 0.25) is 0 Å². The van der Waals surface area contributed by atoms with Gasteiger partial charge < -0.3 is 15.5 Å². The molecule has 8 nitrogen and oxygen atoms in total. The van der Waals surface area contributed by atoms with Gasteiger partial charge in [0.05, 0.1) is 11.3 Å². The van der Waals surface area contributed by atoms with Gasteiger partial charge in [0.15, 0.2) is 0 Å². The molecule has 9 heteroatoms. The van der Waals surface area contributed by atoms with E-state index in [1.54, 1.807) is 12.1 Å². The normalized spacial score (nSPS) is 23.6. The number of benzene rings is 1. The van der Waals surface area contributed by atoms with Crippen molar-refractivity contribution in [3.05, 3.63) is 42.2 Å². The third-order valence-corrected chi connectivity index (χ3v) is 8.01. The maximum absolute atomic E-state index is 13.2. The molecular formula is C23H34N4O4S. The lowest BCUT2D eigenvalue weighted by Crippen LogP contribution is -2.57. The summed E-state index contributed by atoms with van der Waals surface area (Å²) in [4.78, 5) is 28.0. The van der Waals surface area contributed by atoms with Crippen molar-refractivity contribution in [1.82, 2.24) is 19.8 Å². The Hall–Kier alpha value is -2.39. The minimum Gasteiger partial charge on any atom is -0.353 e. The molecule has 1 saturated heterocycles. The van der Waals surface area contributed by atoms with E-state index in [0.717, 1.165) is 42.3 Å². The summed E-state index contributed by atoms with van der Waals surface area (Å²) in [6.07, 6.45) is 4.26. The van der Waals surface area contributed by atoms with Crippen molar-refractivity contribution < 1.29 is 18.0 Å². The second-order valence-electron chi connectivity index (χ2n) is 9.37. The molecule has 0 aliphatic carbocycles. The maximum Gasteiger partial charge on any atom is 0.264 e. The first kappa shape index (κ1) is 24.3. The van der Waals surface area contributed by atoms with Gasteiger partial charge in [-0.15, -0.1) is 0 Å². The van der Waals surface area contributed by atoms with E-state index in [-0.39, 0.29) is 28.7 Å². The van der Waals surface area contributed by atoms with Gasteiger partial charge in [0.25, 0.3) is 10.0 Å². The Kier molecular flexibility index (Phi) is 7.29. The van der Waals surface area contributed by atoms with Crippen molar-refractivity contribution in [3.63, 3.8) is 0 Å². The van der Waals surface area contributed by atoms with Crippen LogP contribution in [-0.2, 0) is 19.6 Å². The highest BCUT2D eigenvalue weighted by Gasteiger charge is 2.40. The van der Waals surface area contributed by atoms with Crippen LogP contribution >= 0.6 is 0 Å². The van der Waals surface area contributed by atoms with Gasteiger partial charge in [-0.3, -0.25) is 13.9 Å². The molecule has 2 N–H and O–H groups in total. The lowest BCUT2D eigenvalue weighted by molar-refractivity contribution is -0.130. The van der Waals surface area contributed by atoms with Crippen LogP contribution in [0, 0.1) is 12.3 Å². The molecule has 2 heterocycles. The zero-order valence-electron chi connectivity index (χ0n) is 19.3. The Labute approximate surface area is 191 Å². The Balaban J connectivity index is 1.73. The molecule has 2 atom stereocenters. The summed E-state index contributed by atoms with van der Waals surface area (Å²) in [6.45, 7) is 11.1. The summed E-state index contributed by atoms with van der Waals surface area (Å²) >= 11 is 0. The summed E-state index contributed by atoms with van der Waals surface area (Å²) in [5, 5.41) is 5.60. The lowest BCUT2D eigenvalue weighted by Gasteiger charge is -2.44. The summed E-state index contributed by atoms with van der Waals surface area (Å²) in [5.74, 6) is -0.845. The van der Waals surface area contributed by atoms with E-state index in [1.807, 2.05) is 6.92 Å². The van der Waals surface area contributed by atoms with E-state index in [9.17, 15) is 18.0 Å². The molecule has 2 amide bonds. The zero-order chi connectivity index (χ0) is 23.5. The summed E-state index contributed by atoms with van der Waals surface area (Å²) in [5.41, 5.74) is 0.810. The minimum atomic E-state index is -3.98. The number of hydrogen-bond acceptors (Lipinski definition) is 5. The molecule has 2 aliphatic heterocycles. The number of hydrogen-bond donors (Lipinski definition) is 2. The molecule has 1 aromatic carbocycles. The number of amides is 2. The molecule has 0 saturated carbocycles. The number of piperidine rings is 1. The molecule has 0 spiro atoms. The molecule has 0 bridgehead atoms. The fraction of sp³-hybridized carbons (Fsp3) is 0.565. The number of nitrogens with zero attached hydrogens (tertiary/aromatic N) is 2. The van der Waals surface area contributed by atoms with E-state index in [1.165, 1.54) is 24.5 Å². The third kappa shape index (κ3) is 5.32. The zero-order valence-corrected chi connectivity index (χ0v) is 20.1. The number of rotatable bonds is 7. The second-order valence-corrected chi connectivity index (χ2v) is 11.2. The molecule has 0 radical (unpaired) electrons. The number of carbonyl (C=O) groups is 2. The average Bonchev–Trinajstić information content (AvgIpc) is 2.71. The van der Waals surface area contributed by atoms with E-state index in [0.29, 0.717) is 0 Å². The Morgan fingerprint density at radius 3 is 2.56 bits per heavy atom. The number of aryl methyl sites for hydroxylation is 1. The highest BCUT2D eigenvalue weighted by atomic mass is 32.2. The van der Waals surface area contributed by atoms with Crippen molar-refractivity contribution in [2.75, 3.05) is 19.6 Å². The Bertz CT molecular complexity index is 972. The SMILES string of the molecule is CCCN1CC[C@H](NC(=O)C[C@@H]2C(=O)NC=CN2S(=O)(=O)c2ccc(C)cc2)C(C)(C)C1. The highest BCUT2D eigenvalue weighted by Crippen LogP contribution is 2.30. The predicted molar refractivity (Wildman–Crippen MR) is 123 cm³/mol. The van der Waals surface area contributed by atoms with Crippen molar-refractivity contribution in [1.29, 1.82) is 0 Å². The number of nitrogens with one attached hydrogen (secondary N) is 2. The lowest BCUT2D eigenvalue weighted by atomic mass is 9.79. The van der Waals surface area contributed by atoms with Gasteiger partial charge in [-0.1, -0.05) is 38.5 Å². The fourth-order valence-corrected chi connectivity index (χ4v) is 5.89. The molecular weight excluding hydrogens is 428 g/mol. The second kappa shape index (κ2) is 9.62. The first-order valence-electron chi connectivity index (χ1n) is 11.1. The minimum absolute atomic E-state index is 0.0348. The molecule has 3 rings (SSSR count). The van der Waals surface area contributed by atoms with Crippen LogP contribution in [0.1, 0.15) is 45.6 Å². The number of sulfonamides is 1.